The Kier molecular flexibility index (Phi) is 4.15. The van der Waals surface area contributed by atoms with Crippen LogP contribution in [0.15, 0.2) is 23.1 Å². The lowest BCUT2D eigenvalue weighted by Crippen LogP contribution is -2.57. The third kappa shape index (κ3) is 2.59. The van der Waals surface area contributed by atoms with Crippen LogP contribution in [0.3, 0.4) is 0 Å². The number of nitrogens with zero attached hydrogens (tertiary/aromatic N) is 2. The Morgan fingerprint density at radius 1 is 1.38 bits per heavy atom. The van der Waals surface area contributed by atoms with Crippen molar-refractivity contribution < 1.29 is 14.3 Å². The van der Waals surface area contributed by atoms with Crippen LogP contribution < -0.4 is 15.2 Å². The molecule has 7 heteroatoms. The smallest absolute Gasteiger partial charge is 0.341 e. The van der Waals surface area contributed by atoms with Gasteiger partial charge in [0.2, 0.25) is 5.43 Å². The molecule has 0 amide bonds. The molecule has 0 unspecified atom stereocenters. The van der Waals surface area contributed by atoms with Crippen LogP contribution in [-0.4, -0.2) is 48.9 Å². The highest BCUT2D eigenvalue weighted by Gasteiger charge is 2.31. The highest BCUT2D eigenvalue weighted by Crippen LogP contribution is 2.29. The summed E-state index contributed by atoms with van der Waals surface area (Å²) >= 11 is 0. The number of carboxylic acids is 1. The number of piperazine rings is 1. The molecule has 128 valence electrons. The quantitative estimate of drug-likeness (QED) is 0.833. The lowest BCUT2D eigenvalue weighted by atomic mass is 10.1. The first-order chi connectivity index (χ1) is 11.4. The minimum absolute atomic E-state index is 0.111. The van der Waals surface area contributed by atoms with Gasteiger partial charge in [-0.3, -0.25) is 9.28 Å². The first kappa shape index (κ1) is 16.6. The predicted octanol–water partition coefficient (Wildman–Crippen LogP) is 1.40. The van der Waals surface area contributed by atoms with Gasteiger partial charge in [-0.15, -0.1) is 0 Å². The number of halogens is 1. The maximum absolute atomic E-state index is 14.8. The van der Waals surface area contributed by atoms with E-state index in [1.165, 1.54) is 12.3 Å². The highest BCUT2D eigenvalue weighted by molar-refractivity contribution is 5.93. The van der Waals surface area contributed by atoms with Gasteiger partial charge in [-0.25, -0.2) is 9.18 Å². The molecule has 0 saturated carbocycles. The van der Waals surface area contributed by atoms with Crippen molar-refractivity contribution in [2.45, 2.75) is 13.5 Å². The van der Waals surface area contributed by atoms with Gasteiger partial charge < -0.3 is 15.0 Å². The first-order valence-electron chi connectivity index (χ1n) is 8.03. The van der Waals surface area contributed by atoms with Crippen LogP contribution in [0.5, 0.6) is 0 Å². The van der Waals surface area contributed by atoms with Crippen LogP contribution in [-0.2, 0) is 6.54 Å². The van der Waals surface area contributed by atoms with Gasteiger partial charge in [-0.1, -0.05) is 0 Å². The van der Waals surface area contributed by atoms with Crippen molar-refractivity contribution >= 4 is 22.6 Å². The molecule has 2 aromatic rings. The van der Waals surface area contributed by atoms with E-state index in [1.54, 1.807) is 10.6 Å². The van der Waals surface area contributed by atoms with Gasteiger partial charge in [0.1, 0.15) is 5.56 Å². The summed E-state index contributed by atoms with van der Waals surface area (Å²) < 4.78 is 16.9. The summed E-state index contributed by atoms with van der Waals surface area (Å²) in [6, 6.07) is 2.89. The monoisotopic (exact) mass is 334 g/mol. The molecular weight excluding hydrogens is 313 g/mol. The fraction of sp³-hybridized carbons (Fsp3) is 0.412. The van der Waals surface area contributed by atoms with Gasteiger partial charge in [0.05, 0.1) is 25.7 Å². The summed E-state index contributed by atoms with van der Waals surface area (Å²) in [5, 5.41) is 12.6. The highest BCUT2D eigenvalue weighted by atomic mass is 19.1. The van der Waals surface area contributed by atoms with Gasteiger partial charge >= 0.3 is 5.97 Å². The van der Waals surface area contributed by atoms with Gasteiger partial charge in [-0.05, 0) is 13.0 Å². The number of aromatic nitrogens is 1. The molecule has 6 nitrogen and oxygen atoms in total. The third-order valence-electron chi connectivity index (χ3n) is 4.87. The number of rotatable bonds is 3. The molecule has 1 aromatic heterocycles. The number of fused-ring (bicyclic) bond motifs is 1. The SMILES string of the molecule is CCn1cc(C(=O)O)c(=O)c2cc(F)c([N+]3(C)CCNCC3)cc21. The standard InChI is InChI=1S/C17H20FN3O3/c1-3-20-10-12(17(23)24)16(22)11-8-13(18)15(9-14(11)20)21(2)6-4-19-5-7-21/h8-10,19H,3-7H2,1-2H3/p+1. The van der Waals surface area contributed by atoms with Crippen LogP contribution in [0.1, 0.15) is 17.3 Å². The molecule has 1 aromatic carbocycles. The van der Waals surface area contributed by atoms with Crippen LogP contribution in [0.2, 0.25) is 0 Å². The van der Waals surface area contributed by atoms with Gasteiger partial charge in [0.25, 0.3) is 0 Å². The second kappa shape index (κ2) is 5.99. The summed E-state index contributed by atoms with van der Waals surface area (Å²) in [6.07, 6.45) is 1.34. The fourth-order valence-electron chi connectivity index (χ4n) is 3.36. The van der Waals surface area contributed by atoms with Crippen molar-refractivity contribution in [1.29, 1.82) is 0 Å². The van der Waals surface area contributed by atoms with E-state index >= 15 is 0 Å². The van der Waals surface area contributed by atoms with E-state index in [0.29, 0.717) is 22.2 Å². The maximum atomic E-state index is 14.8. The Labute approximate surface area is 138 Å². The molecule has 0 radical (unpaired) electrons. The minimum atomic E-state index is -1.30. The number of quaternary nitrogens is 1. The Morgan fingerprint density at radius 2 is 2.04 bits per heavy atom. The summed E-state index contributed by atoms with van der Waals surface area (Å²) in [5.74, 6) is -1.76. The second-order valence-electron chi connectivity index (χ2n) is 6.38. The molecule has 1 aliphatic heterocycles. The molecule has 0 bridgehead atoms. The first-order valence-corrected chi connectivity index (χ1v) is 8.03. The number of benzene rings is 1. The number of hydrogen-bond donors (Lipinski definition) is 2. The van der Waals surface area contributed by atoms with E-state index in [0.717, 1.165) is 26.2 Å². The fourth-order valence-corrected chi connectivity index (χ4v) is 3.36. The minimum Gasteiger partial charge on any atom is -0.477 e. The van der Waals surface area contributed by atoms with E-state index < -0.39 is 17.2 Å². The summed E-state index contributed by atoms with van der Waals surface area (Å²) in [5.41, 5.74) is 0.130. The summed E-state index contributed by atoms with van der Waals surface area (Å²) in [4.78, 5) is 23.6. The van der Waals surface area contributed by atoms with Crippen LogP contribution in [0.25, 0.3) is 10.9 Å². The number of pyridine rings is 1. The molecule has 0 spiro atoms. The van der Waals surface area contributed by atoms with E-state index in [9.17, 15) is 19.1 Å². The van der Waals surface area contributed by atoms with E-state index in [2.05, 4.69) is 5.32 Å². The molecule has 3 rings (SSSR count). The van der Waals surface area contributed by atoms with Gasteiger partial charge in [-0.2, -0.15) is 0 Å². The van der Waals surface area contributed by atoms with Crippen molar-refractivity contribution in [2.24, 2.45) is 0 Å². The largest absolute Gasteiger partial charge is 0.477 e. The molecule has 24 heavy (non-hydrogen) atoms. The van der Waals surface area contributed by atoms with Crippen LogP contribution in [0.4, 0.5) is 10.1 Å². The van der Waals surface area contributed by atoms with Gasteiger partial charge in [0.15, 0.2) is 11.5 Å². The molecule has 0 atom stereocenters. The number of aromatic carboxylic acids is 1. The number of likely N-dealkylation sites (N-methyl/N-ethyl adjacent to an activating group) is 1. The predicted molar refractivity (Wildman–Crippen MR) is 91.1 cm³/mol. The number of nitrogens with one attached hydrogen (secondary N) is 1. The summed E-state index contributed by atoms with van der Waals surface area (Å²) in [6.45, 7) is 5.46. The molecule has 0 aliphatic carbocycles. The molecule has 2 heterocycles. The van der Waals surface area contributed by atoms with Crippen molar-refractivity contribution in [3.8, 4) is 0 Å². The van der Waals surface area contributed by atoms with E-state index in [1.807, 2.05) is 14.0 Å². The Balaban J connectivity index is 2.29. The normalized spacial score (nSPS) is 17.1. The Morgan fingerprint density at radius 3 is 2.62 bits per heavy atom. The molecule has 1 fully saturated rings. The number of aryl methyl sites for hydroxylation is 1. The number of carbonyl (C=O) groups is 1. The van der Waals surface area contributed by atoms with Crippen molar-refractivity contribution in [3.63, 3.8) is 0 Å². The zero-order valence-corrected chi connectivity index (χ0v) is 13.8. The lowest BCUT2D eigenvalue weighted by molar-refractivity contribution is 0.0695. The maximum Gasteiger partial charge on any atom is 0.341 e. The van der Waals surface area contributed by atoms with E-state index in [-0.39, 0.29) is 10.9 Å². The van der Waals surface area contributed by atoms with Crippen molar-refractivity contribution in [1.82, 2.24) is 14.4 Å². The van der Waals surface area contributed by atoms with Crippen molar-refractivity contribution in [2.75, 3.05) is 33.2 Å². The molecule has 1 aliphatic rings. The van der Waals surface area contributed by atoms with Crippen molar-refractivity contribution in [3.05, 3.63) is 39.9 Å². The topological polar surface area (TPSA) is 71.3 Å². The Bertz CT molecular complexity index is 869. The van der Waals surface area contributed by atoms with E-state index in [4.69, 9.17) is 0 Å². The zero-order valence-electron chi connectivity index (χ0n) is 13.8. The van der Waals surface area contributed by atoms with Crippen LogP contribution >= 0.6 is 0 Å². The molecule has 1 saturated heterocycles. The lowest BCUT2D eigenvalue weighted by Gasteiger charge is -2.37. The zero-order chi connectivity index (χ0) is 17.5. The third-order valence-corrected chi connectivity index (χ3v) is 4.87. The Hall–Kier alpha value is -2.25. The van der Waals surface area contributed by atoms with Gasteiger partial charge in [0, 0.05) is 37.3 Å². The number of carboxylic acid groups (broad SMARTS) is 1. The second-order valence-corrected chi connectivity index (χ2v) is 6.38. The molecule has 2 N–H and O–H groups in total. The summed E-state index contributed by atoms with van der Waals surface area (Å²) in [7, 11) is 1.98. The average Bonchev–Trinajstić information content (AvgIpc) is 2.55. The average molecular weight is 334 g/mol. The molecular formula is C17H21FN3O3+. The number of hydrogen-bond acceptors (Lipinski definition) is 3. The van der Waals surface area contributed by atoms with Crippen LogP contribution in [0, 0.1) is 5.82 Å².